The van der Waals surface area contributed by atoms with E-state index in [2.05, 4.69) is 38.9 Å². The van der Waals surface area contributed by atoms with E-state index in [1.807, 2.05) is 12.1 Å². The first kappa shape index (κ1) is 16.0. The molecule has 0 unspecified atom stereocenters. The molecule has 0 aromatic carbocycles. The maximum atomic E-state index is 11.9. The number of aromatic nitrogens is 4. The average molecular weight is 331 g/mol. The van der Waals surface area contributed by atoms with Crippen molar-refractivity contribution >= 4 is 17.7 Å². The number of nitrogens with zero attached hydrogens (tertiary/aromatic N) is 4. The number of thioether (sulfide) groups is 1. The lowest BCUT2D eigenvalue weighted by Gasteiger charge is -2.09. The highest BCUT2D eigenvalue weighted by molar-refractivity contribution is 7.99. The molecule has 23 heavy (non-hydrogen) atoms. The summed E-state index contributed by atoms with van der Waals surface area (Å²) in [5, 5.41) is 12.4. The molecule has 0 atom stereocenters. The molecule has 1 amide bonds. The smallest absolute Gasteiger partial charge is 0.230 e. The van der Waals surface area contributed by atoms with Crippen LogP contribution in [0, 0.1) is 5.92 Å². The van der Waals surface area contributed by atoms with E-state index in [1.54, 1.807) is 12.4 Å². The van der Waals surface area contributed by atoms with Crippen LogP contribution in [0.2, 0.25) is 0 Å². The van der Waals surface area contributed by atoms with E-state index in [0.29, 0.717) is 24.3 Å². The largest absolute Gasteiger partial charge is 0.355 e. The number of hydrogen-bond donors (Lipinski definition) is 1. The van der Waals surface area contributed by atoms with Crippen molar-refractivity contribution in [1.29, 1.82) is 0 Å². The van der Waals surface area contributed by atoms with Crippen LogP contribution in [0.25, 0.3) is 11.4 Å². The van der Waals surface area contributed by atoms with E-state index in [-0.39, 0.29) is 5.91 Å². The third-order valence-electron chi connectivity index (χ3n) is 3.55. The third-order valence-corrected chi connectivity index (χ3v) is 4.50. The molecule has 3 rings (SSSR count). The Morgan fingerprint density at radius 1 is 1.35 bits per heavy atom. The molecular formula is C16H21N5OS. The summed E-state index contributed by atoms with van der Waals surface area (Å²) in [6.45, 7) is 4.87. The summed E-state index contributed by atoms with van der Waals surface area (Å²) in [4.78, 5) is 15.9. The van der Waals surface area contributed by atoms with E-state index < -0.39 is 0 Å². The van der Waals surface area contributed by atoms with Crippen molar-refractivity contribution in [1.82, 2.24) is 25.1 Å². The Morgan fingerprint density at radius 2 is 2.09 bits per heavy atom. The third kappa shape index (κ3) is 4.10. The van der Waals surface area contributed by atoms with Crippen LogP contribution in [0.15, 0.2) is 29.7 Å². The van der Waals surface area contributed by atoms with Crippen molar-refractivity contribution in [2.45, 2.75) is 37.9 Å². The van der Waals surface area contributed by atoms with Gasteiger partial charge in [0.05, 0.1) is 5.75 Å². The molecule has 0 radical (unpaired) electrons. The molecule has 7 heteroatoms. The van der Waals surface area contributed by atoms with Crippen molar-refractivity contribution in [3.8, 4) is 11.4 Å². The first-order valence-corrected chi connectivity index (χ1v) is 8.88. The highest BCUT2D eigenvalue weighted by Crippen LogP contribution is 2.40. The summed E-state index contributed by atoms with van der Waals surface area (Å²) in [5.74, 6) is 1.73. The highest BCUT2D eigenvalue weighted by Gasteiger charge is 2.30. The molecule has 2 aromatic rings. The quantitative estimate of drug-likeness (QED) is 0.789. The minimum atomic E-state index is 0.0412. The summed E-state index contributed by atoms with van der Waals surface area (Å²) in [5.41, 5.74) is 1.01. The van der Waals surface area contributed by atoms with Gasteiger partial charge in [-0.3, -0.25) is 14.3 Å². The number of rotatable bonds is 7. The highest BCUT2D eigenvalue weighted by atomic mass is 32.2. The van der Waals surface area contributed by atoms with Crippen LogP contribution in [-0.4, -0.2) is 38.0 Å². The Bertz CT molecular complexity index is 666. The Labute approximate surface area is 140 Å². The van der Waals surface area contributed by atoms with Crippen LogP contribution in [0.3, 0.4) is 0 Å². The molecule has 6 nitrogen and oxygen atoms in total. The van der Waals surface area contributed by atoms with Gasteiger partial charge in [0.15, 0.2) is 11.0 Å². The second kappa shape index (κ2) is 7.12. The molecule has 1 fully saturated rings. The van der Waals surface area contributed by atoms with Gasteiger partial charge in [-0.05, 0) is 30.9 Å². The number of pyridine rings is 1. The molecule has 1 aliphatic carbocycles. The number of carbonyl (C=O) groups excluding carboxylic acids is 1. The maximum absolute atomic E-state index is 11.9. The van der Waals surface area contributed by atoms with E-state index in [0.717, 1.165) is 29.4 Å². The van der Waals surface area contributed by atoms with Gasteiger partial charge in [-0.1, -0.05) is 25.6 Å². The molecule has 2 aromatic heterocycles. The molecule has 0 aliphatic heterocycles. The van der Waals surface area contributed by atoms with Gasteiger partial charge in [-0.25, -0.2) is 0 Å². The molecule has 122 valence electrons. The summed E-state index contributed by atoms with van der Waals surface area (Å²) in [6.07, 6.45) is 5.80. The van der Waals surface area contributed by atoms with E-state index in [4.69, 9.17) is 0 Å². The van der Waals surface area contributed by atoms with Crippen LogP contribution < -0.4 is 5.32 Å². The van der Waals surface area contributed by atoms with Crippen molar-refractivity contribution in [3.63, 3.8) is 0 Å². The standard InChI is InChI=1S/C16H21N5OS/c1-11(2)9-18-14(22)10-23-16-20-19-15(21(16)13-3-4-13)12-5-7-17-8-6-12/h5-8,11,13H,3-4,9-10H2,1-2H3,(H,18,22). The predicted molar refractivity (Wildman–Crippen MR) is 90.1 cm³/mol. The predicted octanol–water partition coefficient (Wildman–Crippen LogP) is 2.54. The lowest BCUT2D eigenvalue weighted by molar-refractivity contribution is -0.118. The van der Waals surface area contributed by atoms with Crippen LogP contribution >= 0.6 is 11.8 Å². The maximum Gasteiger partial charge on any atom is 0.230 e. The molecular weight excluding hydrogens is 310 g/mol. The van der Waals surface area contributed by atoms with Crippen LogP contribution in [0.4, 0.5) is 0 Å². The number of carbonyl (C=O) groups is 1. The van der Waals surface area contributed by atoms with E-state index >= 15 is 0 Å². The fraction of sp³-hybridized carbons (Fsp3) is 0.500. The van der Waals surface area contributed by atoms with Crippen molar-refractivity contribution in [3.05, 3.63) is 24.5 Å². The molecule has 2 heterocycles. The van der Waals surface area contributed by atoms with Gasteiger partial charge in [0.25, 0.3) is 0 Å². The lowest BCUT2D eigenvalue weighted by atomic mass is 10.2. The first-order valence-electron chi connectivity index (χ1n) is 7.90. The number of hydrogen-bond acceptors (Lipinski definition) is 5. The second-order valence-electron chi connectivity index (χ2n) is 6.13. The van der Waals surface area contributed by atoms with Gasteiger partial charge in [0.2, 0.25) is 5.91 Å². The van der Waals surface area contributed by atoms with Crippen LogP contribution in [0.5, 0.6) is 0 Å². The first-order chi connectivity index (χ1) is 11.1. The van der Waals surface area contributed by atoms with Crippen molar-refractivity contribution < 1.29 is 4.79 Å². The Kier molecular flexibility index (Phi) is 4.95. The summed E-state index contributed by atoms with van der Waals surface area (Å²) in [6, 6.07) is 4.33. The lowest BCUT2D eigenvalue weighted by Crippen LogP contribution is -2.28. The van der Waals surface area contributed by atoms with Gasteiger partial charge in [-0.2, -0.15) is 0 Å². The van der Waals surface area contributed by atoms with E-state index in [9.17, 15) is 4.79 Å². The minimum absolute atomic E-state index is 0.0412. The second-order valence-corrected chi connectivity index (χ2v) is 7.07. The van der Waals surface area contributed by atoms with Gasteiger partial charge < -0.3 is 5.32 Å². The molecule has 1 saturated carbocycles. The zero-order valence-corrected chi connectivity index (χ0v) is 14.2. The monoisotopic (exact) mass is 331 g/mol. The van der Waals surface area contributed by atoms with Crippen LogP contribution in [-0.2, 0) is 4.79 Å². The normalized spacial score (nSPS) is 14.2. The molecule has 1 aliphatic rings. The SMILES string of the molecule is CC(C)CNC(=O)CSc1nnc(-c2ccncc2)n1C1CC1. The van der Waals surface area contributed by atoms with Gasteiger partial charge in [0, 0.05) is 30.5 Å². The fourth-order valence-corrected chi connectivity index (χ4v) is 3.07. The Morgan fingerprint density at radius 3 is 2.74 bits per heavy atom. The zero-order valence-electron chi connectivity index (χ0n) is 13.4. The average Bonchev–Trinajstić information content (AvgIpc) is 3.31. The summed E-state index contributed by atoms with van der Waals surface area (Å²) >= 11 is 1.45. The Balaban J connectivity index is 1.71. The molecule has 0 saturated heterocycles. The summed E-state index contributed by atoms with van der Waals surface area (Å²) in [7, 11) is 0. The van der Waals surface area contributed by atoms with E-state index in [1.165, 1.54) is 11.8 Å². The minimum Gasteiger partial charge on any atom is -0.355 e. The van der Waals surface area contributed by atoms with Gasteiger partial charge >= 0.3 is 0 Å². The Hall–Kier alpha value is -1.89. The molecule has 0 bridgehead atoms. The number of amides is 1. The molecule has 1 N–H and O–H groups in total. The number of nitrogens with one attached hydrogen (secondary N) is 1. The molecule has 0 spiro atoms. The van der Waals surface area contributed by atoms with Crippen molar-refractivity contribution in [2.24, 2.45) is 5.92 Å². The van der Waals surface area contributed by atoms with Gasteiger partial charge in [-0.15, -0.1) is 10.2 Å². The zero-order chi connectivity index (χ0) is 16.2. The van der Waals surface area contributed by atoms with Crippen LogP contribution in [0.1, 0.15) is 32.7 Å². The fourth-order valence-electron chi connectivity index (χ4n) is 2.23. The van der Waals surface area contributed by atoms with Gasteiger partial charge in [0.1, 0.15) is 0 Å². The van der Waals surface area contributed by atoms with Crippen molar-refractivity contribution in [2.75, 3.05) is 12.3 Å². The topological polar surface area (TPSA) is 72.7 Å². The summed E-state index contributed by atoms with van der Waals surface area (Å²) < 4.78 is 2.16.